The maximum atomic E-state index is 12.3. The second kappa shape index (κ2) is 9.29. The van der Waals surface area contributed by atoms with Crippen molar-refractivity contribution < 1.29 is 19.2 Å². The van der Waals surface area contributed by atoms with Crippen molar-refractivity contribution in [2.45, 2.75) is 38.3 Å². The summed E-state index contributed by atoms with van der Waals surface area (Å²) in [6, 6.07) is 7.17. The lowest BCUT2D eigenvalue weighted by atomic mass is 10.0. The highest BCUT2D eigenvalue weighted by molar-refractivity contribution is 5.91. The number of hydrogen-bond donors (Lipinski definition) is 4. The lowest BCUT2D eigenvalue weighted by Crippen LogP contribution is -2.53. The quantitative estimate of drug-likeness (QED) is 0.457. The van der Waals surface area contributed by atoms with Crippen LogP contribution in [0.1, 0.15) is 25.3 Å². The van der Waals surface area contributed by atoms with Crippen LogP contribution in [0.3, 0.4) is 0 Å². The van der Waals surface area contributed by atoms with Crippen LogP contribution < -0.4 is 22.1 Å². The molecule has 0 fully saturated rings. The Bertz CT molecular complexity index is 603. The lowest BCUT2D eigenvalue weighted by molar-refractivity contribution is -0.131. The van der Waals surface area contributed by atoms with Gasteiger partial charge in [-0.25, -0.2) is 0 Å². The molecule has 1 aromatic rings. The van der Waals surface area contributed by atoms with Gasteiger partial charge in [0.25, 0.3) is 0 Å². The summed E-state index contributed by atoms with van der Waals surface area (Å²) in [5.74, 6) is -2.30. The molecule has 8 heteroatoms. The second-order valence-corrected chi connectivity index (χ2v) is 5.41. The van der Waals surface area contributed by atoms with Crippen molar-refractivity contribution in [3.63, 3.8) is 0 Å². The van der Waals surface area contributed by atoms with Gasteiger partial charge in [-0.05, 0) is 12.0 Å². The number of nitrogens with two attached hydrogens (primary N) is 2. The van der Waals surface area contributed by atoms with Crippen LogP contribution in [-0.2, 0) is 25.6 Å². The number of amides is 4. The predicted molar refractivity (Wildman–Crippen MR) is 87.3 cm³/mol. The minimum absolute atomic E-state index is 0.0393. The Morgan fingerprint density at radius 3 is 2.12 bits per heavy atom. The smallest absolute Gasteiger partial charge is 0.243 e. The molecule has 0 saturated carbocycles. The first kappa shape index (κ1) is 19.1. The number of benzene rings is 1. The lowest BCUT2D eigenvalue weighted by Gasteiger charge is -2.21. The summed E-state index contributed by atoms with van der Waals surface area (Å²) in [5, 5.41) is 4.95. The molecule has 2 unspecified atom stereocenters. The van der Waals surface area contributed by atoms with Crippen LogP contribution in [0.5, 0.6) is 0 Å². The van der Waals surface area contributed by atoms with Gasteiger partial charge in [0, 0.05) is 19.8 Å². The van der Waals surface area contributed by atoms with Crippen LogP contribution >= 0.6 is 0 Å². The monoisotopic (exact) mass is 334 g/mol. The Morgan fingerprint density at radius 2 is 1.62 bits per heavy atom. The van der Waals surface area contributed by atoms with Gasteiger partial charge in [0.1, 0.15) is 12.1 Å². The molecule has 24 heavy (non-hydrogen) atoms. The highest BCUT2D eigenvalue weighted by atomic mass is 16.2. The topological polar surface area (TPSA) is 144 Å². The van der Waals surface area contributed by atoms with E-state index in [0.717, 1.165) is 5.56 Å². The van der Waals surface area contributed by atoms with Crippen molar-refractivity contribution in [1.29, 1.82) is 0 Å². The maximum Gasteiger partial charge on any atom is 0.243 e. The van der Waals surface area contributed by atoms with E-state index in [-0.39, 0.29) is 19.3 Å². The summed E-state index contributed by atoms with van der Waals surface area (Å²) in [7, 11) is 0. The third kappa shape index (κ3) is 6.91. The van der Waals surface area contributed by atoms with Crippen LogP contribution in [0.2, 0.25) is 0 Å². The van der Waals surface area contributed by atoms with Crippen molar-refractivity contribution in [2.24, 2.45) is 11.5 Å². The van der Waals surface area contributed by atoms with Gasteiger partial charge in [-0.15, -0.1) is 0 Å². The second-order valence-electron chi connectivity index (χ2n) is 5.41. The van der Waals surface area contributed by atoms with Crippen molar-refractivity contribution in [3.05, 3.63) is 35.9 Å². The SMILES string of the molecule is CC(=O)NC(CCC(N)=O)C(=O)NC(Cc1ccccc1)C(N)=O. The zero-order chi connectivity index (χ0) is 18.1. The number of hydrogen-bond acceptors (Lipinski definition) is 4. The molecule has 0 bridgehead atoms. The van der Waals surface area contributed by atoms with Gasteiger partial charge < -0.3 is 22.1 Å². The number of nitrogens with one attached hydrogen (secondary N) is 2. The van der Waals surface area contributed by atoms with Gasteiger partial charge in [-0.2, -0.15) is 0 Å². The zero-order valence-corrected chi connectivity index (χ0v) is 13.5. The number of carbonyl (C=O) groups is 4. The number of primary amides is 2. The van der Waals surface area contributed by atoms with Gasteiger partial charge in [-0.1, -0.05) is 30.3 Å². The third-order valence-electron chi connectivity index (χ3n) is 3.32. The van der Waals surface area contributed by atoms with E-state index >= 15 is 0 Å². The molecule has 4 amide bonds. The molecule has 0 aromatic heterocycles. The van der Waals surface area contributed by atoms with Gasteiger partial charge in [0.2, 0.25) is 23.6 Å². The molecular weight excluding hydrogens is 312 g/mol. The Balaban J connectivity index is 2.77. The van der Waals surface area contributed by atoms with Crippen LogP contribution in [0.25, 0.3) is 0 Å². The average Bonchev–Trinajstić information content (AvgIpc) is 2.51. The fourth-order valence-corrected chi connectivity index (χ4v) is 2.15. The van der Waals surface area contributed by atoms with E-state index in [9.17, 15) is 19.2 Å². The molecule has 0 aliphatic carbocycles. The molecule has 0 saturated heterocycles. The van der Waals surface area contributed by atoms with Crippen LogP contribution in [-0.4, -0.2) is 35.7 Å². The van der Waals surface area contributed by atoms with Gasteiger partial charge in [0.05, 0.1) is 0 Å². The van der Waals surface area contributed by atoms with Crippen molar-refractivity contribution in [1.82, 2.24) is 10.6 Å². The van der Waals surface area contributed by atoms with E-state index in [2.05, 4.69) is 10.6 Å². The fraction of sp³-hybridized carbons (Fsp3) is 0.375. The van der Waals surface area contributed by atoms with Crippen LogP contribution in [0.15, 0.2) is 30.3 Å². The molecule has 0 spiro atoms. The summed E-state index contributed by atoms with van der Waals surface area (Å²) >= 11 is 0. The first-order valence-electron chi connectivity index (χ1n) is 7.48. The Labute approximate surface area is 140 Å². The molecule has 6 N–H and O–H groups in total. The fourth-order valence-electron chi connectivity index (χ4n) is 2.15. The number of carbonyl (C=O) groups excluding carboxylic acids is 4. The standard InChI is InChI=1S/C16H22N4O4/c1-10(21)19-12(7-8-14(17)22)16(24)20-13(15(18)23)9-11-5-3-2-4-6-11/h2-6,12-13H,7-9H2,1H3,(H2,17,22)(H2,18,23)(H,19,21)(H,20,24). The summed E-state index contributed by atoms with van der Waals surface area (Å²) in [5.41, 5.74) is 11.2. The summed E-state index contributed by atoms with van der Waals surface area (Å²) in [4.78, 5) is 46.0. The van der Waals surface area contributed by atoms with E-state index < -0.39 is 35.7 Å². The molecule has 0 heterocycles. The molecule has 1 rings (SSSR count). The third-order valence-corrected chi connectivity index (χ3v) is 3.32. The van der Waals surface area contributed by atoms with Crippen molar-refractivity contribution >= 4 is 23.6 Å². The first-order valence-corrected chi connectivity index (χ1v) is 7.48. The molecule has 0 aliphatic heterocycles. The minimum atomic E-state index is -0.965. The molecule has 1 aromatic carbocycles. The van der Waals surface area contributed by atoms with E-state index in [1.54, 1.807) is 12.1 Å². The summed E-state index contributed by atoms with van der Waals surface area (Å²) < 4.78 is 0. The van der Waals surface area contributed by atoms with E-state index in [1.165, 1.54) is 6.92 Å². The largest absolute Gasteiger partial charge is 0.370 e. The molecule has 130 valence electrons. The molecule has 2 atom stereocenters. The molecule has 0 aliphatic rings. The van der Waals surface area contributed by atoms with E-state index in [1.807, 2.05) is 18.2 Å². The Hall–Kier alpha value is -2.90. The van der Waals surface area contributed by atoms with Crippen molar-refractivity contribution in [2.75, 3.05) is 0 Å². The first-order chi connectivity index (χ1) is 11.3. The van der Waals surface area contributed by atoms with E-state index in [4.69, 9.17) is 11.5 Å². The summed E-state index contributed by atoms with van der Waals surface area (Å²) in [6.45, 7) is 1.25. The van der Waals surface area contributed by atoms with Crippen molar-refractivity contribution in [3.8, 4) is 0 Å². The van der Waals surface area contributed by atoms with Gasteiger partial charge in [-0.3, -0.25) is 19.2 Å². The van der Waals surface area contributed by atoms with Gasteiger partial charge in [0.15, 0.2) is 0 Å². The van der Waals surface area contributed by atoms with Crippen LogP contribution in [0, 0.1) is 0 Å². The minimum Gasteiger partial charge on any atom is -0.370 e. The number of rotatable bonds is 9. The molecule has 0 radical (unpaired) electrons. The maximum absolute atomic E-state index is 12.3. The summed E-state index contributed by atoms with van der Waals surface area (Å²) in [6.07, 6.45) is 0.195. The average molecular weight is 334 g/mol. The molecule has 8 nitrogen and oxygen atoms in total. The Morgan fingerprint density at radius 1 is 1.00 bits per heavy atom. The normalized spacial score (nSPS) is 12.7. The van der Waals surface area contributed by atoms with Gasteiger partial charge >= 0.3 is 0 Å². The molecular formula is C16H22N4O4. The Kier molecular flexibility index (Phi) is 7.41. The van der Waals surface area contributed by atoms with E-state index in [0.29, 0.717) is 0 Å². The highest BCUT2D eigenvalue weighted by Crippen LogP contribution is 2.05. The zero-order valence-electron chi connectivity index (χ0n) is 13.5. The predicted octanol–water partition coefficient (Wildman–Crippen LogP) is -1.03. The highest BCUT2D eigenvalue weighted by Gasteiger charge is 2.25. The van der Waals surface area contributed by atoms with Crippen LogP contribution in [0.4, 0.5) is 0 Å².